The van der Waals surface area contributed by atoms with E-state index >= 15 is 0 Å². The molecule has 6 aromatic rings. The molecule has 5 aromatic carbocycles. The second kappa shape index (κ2) is 18.7. The van der Waals surface area contributed by atoms with E-state index in [1.807, 2.05) is 67.0 Å². The fourth-order valence-electron chi connectivity index (χ4n) is 7.84. The molecule has 320 valence electrons. The van der Waals surface area contributed by atoms with Crippen LogP contribution in [0.3, 0.4) is 0 Å². The van der Waals surface area contributed by atoms with Crippen molar-refractivity contribution in [3.05, 3.63) is 142 Å². The number of halogens is 1. The number of aromatic nitrogens is 2. The normalized spacial score (nSPS) is 15.8. The molecule has 8 rings (SSSR count). The number of rotatable bonds is 16. The minimum atomic E-state index is -4.29. The molecule has 1 atom stereocenters. The lowest BCUT2D eigenvalue weighted by Crippen LogP contribution is -2.46. The van der Waals surface area contributed by atoms with Gasteiger partial charge in [0.1, 0.15) is 12.0 Å². The Bertz CT molecular complexity index is 2680. The van der Waals surface area contributed by atoms with Crippen molar-refractivity contribution in [2.75, 3.05) is 60.0 Å². The fourth-order valence-corrected chi connectivity index (χ4v) is 10.0. The first-order valence-corrected chi connectivity index (χ1v) is 23.3. The highest BCUT2D eigenvalue weighted by Gasteiger charge is 2.27. The van der Waals surface area contributed by atoms with Crippen LogP contribution in [0, 0.1) is 10.1 Å². The zero-order valence-corrected chi connectivity index (χ0v) is 36.9. The molecule has 1 saturated heterocycles. The summed E-state index contributed by atoms with van der Waals surface area (Å²) in [4.78, 5) is 33.0. The van der Waals surface area contributed by atoms with Crippen molar-refractivity contribution in [2.45, 2.75) is 48.2 Å². The van der Waals surface area contributed by atoms with Crippen molar-refractivity contribution in [2.24, 2.45) is 4.99 Å². The molecule has 1 fully saturated rings. The summed E-state index contributed by atoms with van der Waals surface area (Å²) >= 11 is 7.80. The van der Waals surface area contributed by atoms with Crippen LogP contribution in [0.25, 0.3) is 22.0 Å². The Morgan fingerprint density at radius 2 is 1.66 bits per heavy atom. The van der Waals surface area contributed by atoms with Gasteiger partial charge in [-0.2, -0.15) is 0 Å². The quantitative estimate of drug-likeness (QED) is 0.0545. The number of piperazine rings is 1. The third kappa shape index (κ3) is 10.5. The van der Waals surface area contributed by atoms with Crippen molar-refractivity contribution >= 4 is 73.5 Å². The number of hydrogen-bond donors (Lipinski definition) is 2. The van der Waals surface area contributed by atoms with Crippen molar-refractivity contribution in [1.82, 2.24) is 19.8 Å². The third-order valence-corrected chi connectivity index (χ3v) is 13.9. The number of thioether (sulfide) groups is 1. The minimum Gasteiger partial charge on any atom is -0.376 e. The van der Waals surface area contributed by atoms with Crippen molar-refractivity contribution < 1.29 is 13.3 Å². The lowest BCUT2D eigenvalue weighted by Gasteiger charge is -2.36. The van der Waals surface area contributed by atoms with E-state index < -0.39 is 14.9 Å². The van der Waals surface area contributed by atoms with Crippen LogP contribution in [0.5, 0.6) is 0 Å². The van der Waals surface area contributed by atoms with E-state index in [0.717, 1.165) is 61.5 Å². The van der Waals surface area contributed by atoms with Gasteiger partial charge in [0.15, 0.2) is 5.82 Å². The van der Waals surface area contributed by atoms with Crippen molar-refractivity contribution in [3.8, 4) is 11.1 Å². The second-order valence-corrected chi connectivity index (χ2v) is 19.4. The number of nitro benzene ring substituents is 1. The highest BCUT2D eigenvalue weighted by atomic mass is 35.5. The molecule has 2 aliphatic heterocycles. The van der Waals surface area contributed by atoms with Gasteiger partial charge in [0.25, 0.3) is 15.7 Å². The molecule has 62 heavy (non-hydrogen) atoms. The molecule has 16 heteroatoms. The zero-order chi connectivity index (χ0) is 43.3. The number of nitrogens with one attached hydrogen (secondary N) is 2. The number of hydrogen-bond acceptors (Lipinski definition) is 12. The number of fused-ring (bicyclic) bond motifs is 1. The molecule has 13 nitrogen and oxygen atoms in total. The number of aliphatic imine (C=N–C) groups is 1. The average Bonchev–Trinajstić information content (AvgIpc) is 3.63. The maximum atomic E-state index is 13.9. The molecule has 2 aliphatic rings. The maximum absolute atomic E-state index is 13.9. The molecule has 0 amide bonds. The Hall–Kier alpha value is -5.74. The summed E-state index contributed by atoms with van der Waals surface area (Å²) in [6, 6.07) is 35.8. The molecule has 0 spiro atoms. The van der Waals surface area contributed by atoms with Gasteiger partial charge in [-0.05, 0) is 91.6 Å². The molecule has 0 bridgehead atoms. The van der Waals surface area contributed by atoms with Crippen LogP contribution in [0.15, 0.2) is 136 Å². The van der Waals surface area contributed by atoms with Gasteiger partial charge in [-0.1, -0.05) is 66.2 Å². The highest BCUT2D eigenvalue weighted by molar-refractivity contribution is 7.99. The molecule has 1 aromatic heterocycles. The number of nitrogens with zero attached hydrogens (tertiary/aromatic N) is 7. The molecular formula is C46H48ClN9O4S2. The van der Waals surface area contributed by atoms with Crippen molar-refractivity contribution in [1.29, 1.82) is 0 Å². The van der Waals surface area contributed by atoms with Crippen molar-refractivity contribution in [3.63, 3.8) is 0 Å². The van der Waals surface area contributed by atoms with Gasteiger partial charge in [-0.15, -0.1) is 11.8 Å². The summed E-state index contributed by atoms with van der Waals surface area (Å²) in [7, 11) is -4.29. The topological polar surface area (TPSA) is 149 Å². The first-order chi connectivity index (χ1) is 29.9. The highest BCUT2D eigenvalue weighted by Crippen LogP contribution is 2.33. The van der Waals surface area contributed by atoms with E-state index in [2.05, 4.69) is 89.9 Å². The van der Waals surface area contributed by atoms with E-state index in [4.69, 9.17) is 11.6 Å². The number of nitro groups is 1. The van der Waals surface area contributed by atoms with E-state index in [1.54, 1.807) is 11.8 Å². The first-order valence-electron chi connectivity index (χ1n) is 20.5. The summed E-state index contributed by atoms with van der Waals surface area (Å²) in [6.07, 6.45) is 3.86. The Morgan fingerprint density at radius 3 is 2.40 bits per heavy atom. The fraction of sp³-hybridized carbons (Fsp3) is 0.283. The maximum Gasteiger partial charge on any atom is 0.293 e. The molecule has 3 heterocycles. The van der Waals surface area contributed by atoms with Crippen LogP contribution in [0.1, 0.15) is 25.8 Å². The second-order valence-electron chi connectivity index (χ2n) is 16.2. The Morgan fingerprint density at radius 1 is 0.903 bits per heavy atom. The molecule has 0 unspecified atom stereocenters. The molecule has 2 N–H and O–H groups in total. The zero-order valence-electron chi connectivity index (χ0n) is 34.5. The van der Waals surface area contributed by atoms with Crippen LogP contribution in [0.2, 0.25) is 5.02 Å². The number of anilines is 3. The van der Waals surface area contributed by atoms with Gasteiger partial charge in [0.05, 0.1) is 27.2 Å². The number of sulfonamides is 1. The monoisotopic (exact) mass is 889 g/mol. The van der Waals surface area contributed by atoms with E-state index in [-0.39, 0.29) is 33.7 Å². The summed E-state index contributed by atoms with van der Waals surface area (Å²) in [5.74, 6) is 0.721. The summed E-state index contributed by atoms with van der Waals surface area (Å²) in [5.41, 5.74) is 4.88. The van der Waals surface area contributed by atoms with E-state index in [1.165, 1.54) is 29.6 Å². The largest absolute Gasteiger partial charge is 0.376 e. The smallest absolute Gasteiger partial charge is 0.293 e. The van der Waals surface area contributed by atoms with Crippen LogP contribution in [-0.2, 0) is 16.6 Å². The van der Waals surface area contributed by atoms with Gasteiger partial charge in [-0.25, -0.2) is 18.4 Å². The lowest BCUT2D eigenvalue weighted by atomic mass is 9.99. The van der Waals surface area contributed by atoms with Crippen LogP contribution in [-0.4, -0.2) is 96.0 Å². The standard InChI is InChI=1S/C46H48ClN9O4S2/c1-46(2)30-54(32-50-46)21-20-36(29-61-38-9-4-3-5-10-38)51-42-19-17-39(27-44(42)56(57)58)62(59,60)52-45-41-18-16-37(26-43(41)48-31-49-45)55-24-22-53(23-25-55)28-34-8-6-7-11-40(34)33-12-14-35(47)15-13-33/h3-19,26-27,31-32,36,51H,20-25,28-30H2,1-2H3,(H,48,49,52)/t36-/m1/s1. The third-order valence-electron chi connectivity index (χ3n) is 11.1. The predicted octanol–water partition coefficient (Wildman–Crippen LogP) is 9.07. The summed E-state index contributed by atoms with van der Waals surface area (Å²) in [6.45, 7) is 9.82. The Labute approximate surface area is 371 Å². The molecule has 0 aliphatic carbocycles. The van der Waals surface area contributed by atoms with E-state index in [9.17, 15) is 18.5 Å². The molecular weight excluding hydrogens is 842 g/mol. The van der Waals surface area contributed by atoms with Gasteiger partial charge in [0, 0.05) is 84.7 Å². The Kier molecular flexibility index (Phi) is 13.0. The SMILES string of the molecule is CC1(C)CN(CC[C@H](CSc2ccccc2)Nc2ccc(S(=O)(=O)Nc3ncnc4cc(N5CCN(Cc6ccccc6-c6ccc(Cl)cc6)CC5)ccc34)cc2[N+](=O)[O-])C=N1. The van der Waals surface area contributed by atoms with Crippen LogP contribution >= 0.6 is 23.4 Å². The summed E-state index contributed by atoms with van der Waals surface area (Å²) in [5, 5.41) is 17.1. The summed E-state index contributed by atoms with van der Waals surface area (Å²) < 4.78 is 30.3. The van der Waals surface area contributed by atoms with Gasteiger partial charge in [-0.3, -0.25) is 24.7 Å². The molecule has 0 radical (unpaired) electrons. The predicted molar refractivity (Wildman–Crippen MR) is 251 cm³/mol. The van der Waals surface area contributed by atoms with E-state index in [0.29, 0.717) is 34.6 Å². The lowest BCUT2D eigenvalue weighted by molar-refractivity contribution is -0.384. The van der Waals surface area contributed by atoms with Crippen LogP contribution in [0.4, 0.5) is 22.9 Å². The van der Waals surface area contributed by atoms with Gasteiger partial charge >= 0.3 is 0 Å². The number of benzene rings is 5. The minimum absolute atomic E-state index is 0.0854. The average molecular weight is 891 g/mol. The van der Waals surface area contributed by atoms with Gasteiger partial charge < -0.3 is 15.1 Å². The van der Waals surface area contributed by atoms with Gasteiger partial charge in [0.2, 0.25) is 0 Å². The first kappa shape index (κ1) is 42.9. The van der Waals surface area contributed by atoms with Crippen LogP contribution < -0.4 is 14.9 Å². The Balaban J connectivity index is 0.936. The molecule has 0 saturated carbocycles.